The Kier molecular flexibility index (Phi) is 7.63. The zero-order valence-corrected chi connectivity index (χ0v) is 20.5. The van der Waals surface area contributed by atoms with E-state index in [1.54, 1.807) is 13.0 Å². The van der Waals surface area contributed by atoms with Gasteiger partial charge in [0.15, 0.2) is 0 Å². The highest BCUT2D eigenvalue weighted by Gasteiger charge is 2.27. The van der Waals surface area contributed by atoms with E-state index in [2.05, 4.69) is 32.3 Å². The molecule has 5 nitrogen and oxygen atoms in total. The van der Waals surface area contributed by atoms with E-state index in [0.717, 1.165) is 48.9 Å². The molecule has 0 aliphatic carbocycles. The van der Waals surface area contributed by atoms with E-state index in [-0.39, 0.29) is 5.41 Å². The Morgan fingerprint density at radius 1 is 1.32 bits per heavy atom. The molecular formula is C24H34N2O3S2. The molecule has 2 unspecified atom stereocenters. The van der Waals surface area contributed by atoms with Gasteiger partial charge in [0.25, 0.3) is 0 Å². The Bertz CT molecular complexity index is 941. The molecule has 3 N–H and O–H groups in total. The van der Waals surface area contributed by atoms with Crippen LogP contribution >= 0.6 is 11.3 Å². The maximum atomic E-state index is 13.1. The lowest BCUT2D eigenvalue weighted by Crippen LogP contribution is -2.36. The number of anilines is 2. The van der Waals surface area contributed by atoms with Gasteiger partial charge in [-0.05, 0) is 56.0 Å². The number of thiophene rings is 1. The number of aliphatic hydroxyl groups is 1. The molecule has 0 bridgehead atoms. The Hall–Kier alpha value is -1.67. The fraction of sp³-hybridized carbons (Fsp3) is 0.500. The quantitative estimate of drug-likeness (QED) is 0.543. The van der Waals surface area contributed by atoms with Crippen LogP contribution in [0.15, 0.2) is 51.7 Å². The zero-order chi connectivity index (χ0) is 22.8. The van der Waals surface area contributed by atoms with E-state index >= 15 is 0 Å². The second-order valence-corrected chi connectivity index (χ2v) is 12.0. The summed E-state index contributed by atoms with van der Waals surface area (Å²) in [5.74, 6) is 0.520. The van der Waals surface area contributed by atoms with Crippen molar-refractivity contribution in [2.24, 2.45) is 11.3 Å². The van der Waals surface area contributed by atoms with Crippen LogP contribution < -0.4 is 10.6 Å². The lowest BCUT2D eigenvalue weighted by molar-refractivity contribution is 0.0684. The maximum Gasteiger partial charge on any atom is 0.0963 e. The Balaban J connectivity index is 1.89. The number of nitrogen functional groups attached to an aromatic ring is 1. The van der Waals surface area contributed by atoms with Gasteiger partial charge < -0.3 is 20.5 Å². The minimum Gasteiger partial charge on any atom is -0.397 e. The van der Waals surface area contributed by atoms with Crippen LogP contribution in [0.4, 0.5) is 11.4 Å². The van der Waals surface area contributed by atoms with Crippen LogP contribution in [0.1, 0.15) is 51.5 Å². The number of rotatable bonds is 7. The van der Waals surface area contributed by atoms with Crippen molar-refractivity contribution in [3.63, 3.8) is 0 Å². The Morgan fingerprint density at radius 2 is 2.00 bits per heavy atom. The molecule has 7 heteroatoms. The van der Waals surface area contributed by atoms with Crippen molar-refractivity contribution in [2.75, 3.05) is 30.4 Å². The third-order valence-corrected chi connectivity index (χ3v) is 8.61. The highest BCUT2D eigenvalue weighted by atomic mass is 32.2. The van der Waals surface area contributed by atoms with Crippen LogP contribution in [0.5, 0.6) is 0 Å². The molecule has 1 aromatic carbocycles. The molecule has 0 radical (unpaired) electrons. The fourth-order valence-corrected chi connectivity index (χ4v) is 6.02. The van der Waals surface area contributed by atoms with Gasteiger partial charge in [0.05, 0.1) is 32.5 Å². The van der Waals surface area contributed by atoms with E-state index in [4.69, 9.17) is 10.5 Å². The van der Waals surface area contributed by atoms with Crippen molar-refractivity contribution in [2.45, 2.75) is 55.7 Å². The minimum absolute atomic E-state index is 0.104. The van der Waals surface area contributed by atoms with E-state index in [1.165, 1.54) is 11.3 Å². The average molecular weight is 463 g/mol. The predicted molar refractivity (Wildman–Crippen MR) is 130 cm³/mol. The summed E-state index contributed by atoms with van der Waals surface area (Å²) in [7, 11) is -1.34. The van der Waals surface area contributed by atoms with Crippen LogP contribution in [0.3, 0.4) is 0 Å². The number of nitrogens with zero attached hydrogens (tertiary/aromatic N) is 1. The summed E-state index contributed by atoms with van der Waals surface area (Å²) < 4.78 is 19.3. The topological polar surface area (TPSA) is 75.8 Å². The Morgan fingerprint density at radius 3 is 2.55 bits per heavy atom. The van der Waals surface area contributed by atoms with Gasteiger partial charge in [-0.25, -0.2) is 4.21 Å². The number of nitrogens with two attached hydrogens (primary N) is 1. The van der Waals surface area contributed by atoms with Crippen LogP contribution in [0, 0.1) is 11.3 Å². The first-order valence-corrected chi connectivity index (χ1v) is 12.7. The van der Waals surface area contributed by atoms with Crippen molar-refractivity contribution >= 4 is 33.5 Å². The second kappa shape index (κ2) is 9.86. The normalized spacial score (nSPS) is 17.3. The van der Waals surface area contributed by atoms with E-state index in [1.807, 2.05) is 24.3 Å². The summed E-state index contributed by atoms with van der Waals surface area (Å²) in [4.78, 5) is 3.69. The molecule has 1 saturated heterocycles. The van der Waals surface area contributed by atoms with Crippen LogP contribution in [0.2, 0.25) is 0 Å². The monoisotopic (exact) mass is 462 g/mol. The third kappa shape index (κ3) is 5.77. The molecule has 0 amide bonds. The molecule has 2 aromatic rings. The predicted octanol–water partition coefficient (Wildman–Crippen LogP) is 5.34. The molecule has 1 fully saturated rings. The molecule has 1 aliphatic heterocycles. The average Bonchev–Trinajstić information content (AvgIpc) is 3.22. The van der Waals surface area contributed by atoms with Gasteiger partial charge in [0, 0.05) is 40.6 Å². The molecule has 2 heterocycles. The summed E-state index contributed by atoms with van der Waals surface area (Å²) in [5.41, 5.74) is 8.91. The number of hydrogen-bond donors (Lipinski definition) is 2. The van der Waals surface area contributed by atoms with Gasteiger partial charge in [-0.15, -0.1) is 11.3 Å². The zero-order valence-electron chi connectivity index (χ0n) is 18.9. The first-order valence-electron chi connectivity index (χ1n) is 10.7. The minimum atomic E-state index is -1.34. The smallest absolute Gasteiger partial charge is 0.0963 e. The summed E-state index contributed by atoms with van der Waals surface area (Å²) in [5, 5.41) is 9.75. The summed E-state index contributed by atoms with van der Waals surface area (Å²) in [6, 6.07) is 9.29. The highest BCUT2D eigenvalue weighted by molar-refractivity contribution is 7.87. The standard InChI is InChI=1S/C24H34N2O3S2/c1-16(27)22-8-9-23(30-22)31(28)19-6-7-21(20(25)14-19)26(17(2)24(3,4)5)15-18-10-12-29-13-11-18/h6-9,14,16,18,27H,2,10-13,15,25H2,1,3-5H3. The van der Waals surface area contributed by atoms with Gasteiger partial charge in [0.1, 0.15) is 0 Å². The summed E-state index contributed by atoms with van der Waals surface area (Å²) in [6.07, 6.45) is 1.49. The second-order valence-electron chi connectivity index (χ2n) is 9.19. The molecular weight excluding hydrogens is 428 g/mol. The lowest BCUT2D eigenvalue weighted by atomic mass is 9.90. The number of allylic oxidation sites excluding steroid dienone is 1. The lowest BCUT2D eigenvalue weighted by Gasteiger charge is -2.38. The van der Waals surface area contributed by atoms with Crippen molar-refractivity contribution in [1.82, 2.24) is 0 Å². The van der Waals surface area contributed by atoms with Crippen LogP contribution in [-0.4, -0.2) is 29.1 Å². The molecule has 3 rings (SSSR count). The molecule has 1 aromatic heterocycles. The highest BCUT2D eigenvalue weighted by Crippen LogP contribution is 2.37. The van der Waals surface area contributed by atoms with Crippen molar-refractivity contribution in [3.8, 4) is 0 Å². The molecule has 0 saturated carbocycles. The molecule has 31 heavy (non-hydrogen) atoms. The number of ether oxygens (including phenoxy) is 1. The molecule has 0 spiro atoms. The molecule has 1 aliphatic rings. The van der Waals surface area contributed by atoms with Gasteiger partial charge in [-0.1, -0.05) is 27.4 Å². The van der Waals surface area contributed by atoms with E-state index in [0.29, 0.717) is 20.7 Å². The third-order valence-electron chi connectivity index (χ3n) is 5.67. The van der Waals surface area contributed by atoms with Crippen molar-refractivity contribution in [3.05, 3.63) is 47.5 Å². The van der Waals surface area contributed by atoms with E-state index in [9.17, 15) is 9.32 Å². The number of hydrogen-bond acceptors (Lipinski definition) is 6. The SMILES string of the molecule is C=C(N(CC1CCOCC1)c1ccc(S(=O)c2ccc(C(C)O)s2)cc1N)C(C)(C)C. The Labute approximate surface area is 192 Å². The summed E-state index contributed by atoms with van der Waals surface area (Å²) in [6.45, 7) is 15.0. The van der Waals surface area contributed by atoms with Gasteiger partial charge >= 0.3 is 0 Å². The van der Waals surface area contributed by atoms with Gasteiger partial charge in [-0.2, -0.15) is 0 Å². The molecule has 170 valence electrons. The first kappa shape index (κ1) is 24.0. The van der Waals surface area contributed by atoms with Crippen LogP contribution in [0.25, 0.3) is 0 Å². The van der Waals surface area contributed by atoms with Crippen molar-refractivity contribution in [1.29, 1.82) is 0 Å². The van der Waals surface area contributed by atoms with Gasteiger partial charge in [0.2, 0.25) is 0 Å². The van der Waals surface area contributed by atoms with Crippen LogP contribution in [-0.2, 0) is 15.5 Å². The largest absolute Gasteiger partial charge is 0.397 e. The fourth-order valence-electron chi connectivity index (χ4n) is 3.61. The number of aliphatic hydroxyl groups excluding tert-OH is 1. The maximum absolute atomic E-state index is 13.1. The first-order chi connectivity index (χ1) is 14.6. The number of benzene rings is 1. The summed E-state index contributed by atoms with van der Waals surface area (Å²) >= 11 is 1.36. The van der Waals surface area contributed by atoms with Crippen molar-refractivity contribution < 1.29 is 14.1 Å². The van der Waals surface area contributed by atoms with Gasteiger partial charge in [-0.3, -0.25) is 0 Å². The van der Waals surface area contributed by atoms with E-state index < -0.39 is 16.9 Å². The molecule has 2 atom stereocenters.